The molecule has 0 aromatic carbocycles. The number of rotatable bonds is 17. The van der Waals surface area contributed by atoms with Gasteiger partial charge in [-0.1, -0.05) is 111 Å². The minimum absolute atomic E-state index is 0.0530. The number of alkyl halides is 1. The lowest BCUT2D eigenvalue weighted by molar-refractivity contribution is -0.224. The van der Waals surface area contributed by atoms with Crippen molar-refractivity contribution >= 4 is 17.5 Å². The Labute approximate surface area is 270 Å². The minimum Gasteiger partial charge on any atom is -0.458 e. The molecule has 4 saturated carbocycles. The number of ether oxygens (including phenoxy) is 1. The molecule has 0 aromatic heterocycles. The number of allylic oxidation sites excluding steroid dienone is 2. The average molecular weight is 631 g/mol. The van der Waals surface area contributed by atoms with Gasteiger partial charge in [0.2, 0.25) is 5.78 Å². The summed E-state index contributed by atoms with van der Waals surface area (Å²) in [5, 5.41) is 23.6. The molecule has 0 aromatic rings. The van der Waals surface area contributed by atoms with E-state index in [1.165, 1.54) is 64.2 Å². The Morgan fingerprint density at radius 3 is 2.13 bits per heavy atom. The number of carbonyl (C=O) groups excluding carboxylic acids is 3. The summed E-state index contributed by atoms with van der Waals surface area (Å²) in [6.07, 6.45) is 19.7. The number of unbranched alkanes of at least 4 members (excludes halogenated alkanes) is 12. The van der Waals surface area contributed by atoms with Crippen molar-refractivity contribution in [2.24, 2.45) is 39.9 Å². The van der Waals surface area contributed by atoms with Gasteiger partial charge in [-0.3, -0.25) is 14.4 Å². The van der Waals surface area contributed by atoms with Crippen molar-refractivity contribution in [1.29, 1.82) is 0 Å². The smallest absolute Gasteiger partial charge is 0.306 e. The van der Waals surface area contributed by atoms with Crippen LogP contribution in [0.5, 0.6) is 0 Å². The van der Waals surface area contributed by atoms with Crippen LogP contribution in [-0.4, -0.2) is 51.7 Å². The summed E-state index contributed by atoms with van der Waals surface area (Å²) < 4.78 is 22.8. The fraction of sp³-hybridized carbons (Fsp3) is 0.868. The molecule has 5 aliphatic carbocycles. The molecule has 0 heterocycles. The maximum Gasteiger partial charge on any atom is 0.306 e. The number of esters is 1. The Morgan fingerprint density at radius 2 is 1.53 bits per heavy atom. The van der Waals surface area contributed by atoms with Crippen LogP contribution in [0.2, 0.25) is 0 Å². The third kappa shape index (κ3) is 5.29. The van der Waals surface area contributed by atoms with Gasteiger partial charge in [0.15, 0.2) is 12.4 Å². The van der Waals surface area contributed by atoms with Gasteiger partial charge in [-0.2, -0.15) is 0 Å². The van der Waals surface area contributed by atoms with E-state index in [4.69, 9.17) is 4.74 Å². The third-order valence-electron chi connectivity index (χ3n) is 13.9. The van der Waals surface area contributed by atoms with Crippen molar-refractivity contribution < 1.29 is 33.7 Å². The van der Waals surface area contributed by atoms with Crippen LogP contribution < -0.4 is 0 Å². The van der Waals surface area contributed by atoms with E-state index in [2.05, 4.69) is 6.92 Å². The SMILES string of the molecule is CCCCCCCCCCCCCCCC(=O)OCC(=O)[C@@]1(O)[C@H](C)CC2C3CC[C@@]45C=CC(=O)[C@@H]4[C@@]5(C)[C@@]3(F)C(O)CC21C. The predicted molar refractivity (Wildman–Crippen MR) is 172 cm³/mol. The van der Waals surface area contributed by atoms with Crippen LogP contribution in [0, 0.1) is 39.9 Å². The minimum atomic E-state index is -1.96. The normalized spacial score (nSPS) is 42.6. The van der Waals surface area contributed by atoms with Gasteiger partial charge in [0, 0.05) is 28.6 Å². The summed E-state index contributed by atoms with van der Waals surface area (Å²) in [5.41, 5.74) is -6.35. The van der Waals surface area contributed by atoms with Gasteiger partial charge in [0.25, 0.3) is 0 Å². The monoisotopic (exact) mass is 630 g/mol. The molecule has 5 aliphatic rings. The highest BCUT2D eigenvalue weighted by Crippen LogP contribution is 2.86. The number of carbonyl (C=O) groups is 3. The maximum atomic E-state index is 17.4. The highest BCUT2D eigenvalue weighted by Gasteiger charge is 2.90. The van der Waals surface area contributed by atoms with E-state index < -0.39 is 69.7 Å². The quantitative estimate of drug-likeness (QED) is 0.127. The molecule has 10 atom stereocenters. The van der Waals surface area contributed by atoms with Crippen LogP contribution in [0.15, 0.2) is 12.2 Å². The second-order valence-corrected chi connectivity index (χ2v) is 16.0. The Hall–Kier alpha value is -1.60. The molecule has 0 amide bonds. The summed E-state index contributed by atoms with van der Waals surface area (Å²) in [6, 6.07) is 0. The largest absolute Gasteiger partial charge is 0.458 e. The summed E-state index contributed by atoms with van der Waals surface area (Å²) in [4.78, 5) is 38.9. The van der Waals surface area contributed by atoms with Crippen LogP contribution in [0.4, 0.5) is 4.39 Å². The first-order chi connectivity index (χ1) is 21.4. The van der Waals surface area contributed by atoms with E-state index in [1.807, 2.05) is 26.8 Å². The zero-order valence-electron chi connectivity index (χ0n) is 28.4. The van der Waals surface area contributed by atoms with Crippen molar-refractivity contribution in [2.45, 2.75) is 161 Å². The summed E-state index contributed by atoms with van der Waals surface area (Å²) in [6.45, 7) is 7.18. The van der Waals surface area contributed by atoms with Crippen LogP contribution in [0.25, 0.3) is 0 Å². The first-order valence-corrected chi connectivity index (χ1v) is 18.4. The number of aliphatic hydroxyl groups is 2. The molecule has 7 heteroatoms. The summed E-state index contributed by atoms with van der Waals surface area (Å²) in [7, 11) is 0. The summed E-state index contributed by atoms with van der Waals surface area (Å²) >= 11 is 0. The van der Waals surface area contributed by atoms with Crippen LogP contribution in [0.1, 0.15) is 143 Å². The van der Waals surface area contributed by atoms with Gasteiger partial charge >= 0.3 is 5.97 Å². The number of aliphatic hydroxyl groups excluding tert-OH is 1. The first-order valence-electron chi connectivity index (χ1n) is 18.4. The number of hydrogen-bond donors (Lipinski definition) is 2. The molecule has 0 aliphatic heterocycles. The van der Waals surface area contributed by atoms with E-state index in [0.29, 0.717) is 19.3 Å². The van der Waals surface area contributed by atoms with Crippen molar-refractivity contribution in [2.75, 3.05) is 6.61 Å². The number of hydrogen-bond acceptors (Lipinski definition) is 6. The molecular formula is C38H59FO6. The highest BCUT2D eigenvalue weighted by atomic mass is 19.1. The Bertz CT molecular complexity index is 1150. The van der Waals surface area contributed by atoms with E-state index in [1.54, 1.807) is 6.08 Å². The molecular weight excluding hydrogens is 571 g/mol. The lowest BCUT2D eigenvalue weighted by Gasteiger charge is -2.59. The van der Waals surface area contributed by atoms with Crippen molar-refractivity contribution in [3.8, 4) is 0 Å². The standard InChI is InChI=1S/C38H59FO6/c1-5-6-7-8-9-10-11-12-13-14-15-16-17-18-32(43)45-25-31(42)38(44)26(2)23-28-27-19-21-36-22-20-29(40)33(36)35(36,4)37(27,39)30(41)24-34(28,38)3/h20,22,26-28,30,33,41,44H,5-19,21,23-25H2,1-4H3/t26-,27?,28?,30?,33-,34?,35-,36-,37+,38+/m1/s1. The molecule has 0 saturated heterocycles. The van der Waals surface area contributed by atoms with Gasteiger partial charge in [0.05, 0.1) is 6.10 Å². The Morgan fingerprint density at radius 1 is 0.956 bits per heavy atom. The maximum absolute atomic E-state index is 17.4. The lowest BCUT2D eigenvalue weighted by atomic mass is 9.47. The molecule has 1 spiro atoms. The Balaban J connectivity index is 1.07. The topological polar surface area (TPSA) is 101 Å². The molecule has 5 rings (SSSR count). The van der Waals surface area contributed by atoms with Crippen molar-refractivity contribution in [3.63, 3.8) is 0 Å². The third-order valence-corrected chi connectivity index (χ3v) is 13.9. The van der Waals surface area contributed by atoms with Gasteiger partial charge < -0.3 is 14.9 Å². The van der Waals surface area contributed by atoms with Gasteiger partial charge in [-0.15, -0.1) is 0 Å². The van der Waals surface area contributed by atoms with E-state index in [0.717, 1.165) is 19.3 Å². The number of halogens is 1. The first kappa shape index (κ1) is 34.7. The molecule has 45 heavy (non-hydrogen) atoms. The number of ketones is 2. The molecule has 0 bridgehead atoms. The van der Waals surface area contributed by atoms with E-state index in [9.17, 15) is 24.6 Å². The number of Topliss-reactive ketones (excluding diaryl/α,β-unsaturated/α-hetero) is 1. The van der Waals surface area contributed by atoms with Crippen LogP contribution in [0.3, 0.4) is 0 Å². The average Bonchev–Trinajstić information content (AvgIpc) is 3.30. The van der Waals surface area contributed by atoms with Crippen molar-refractivity contribution in [3.05, 3.63) is 12.2 Å². The summed E-state index contributed by atoms with van der Waals surface area (Å²) in [5.74, 6) is -2.84. The molecule has 0 radical (unpaired) electrons. The molecule has 4 fully saturated rings. The van der Waals surface area contributed by atoms with Crippen molar-refractivity contribution in [1.82, 2.24) is 0 Å². The fourth-order valence-electron chi connectivity index (χ4n) is 11.3. The number of fused-ring (bicyclic) bond motifs is 5. The van der Waals surface area contributed by atoms with Gasteiger partial charge in [-0.25, -0.2) is 4.39 Å². The Kier molecular flexibility index (Phi) is 10.1. The fourth-order valence-corrected chi connectivity index (χ4v) is 11.3. The van der Waals surface area contributed by atoms with Gasteiger partial charge in [-0.05, 0) is 55.9 Å². The van der Waals surface area contributed by atoms with E-state index in [-0.39, 0.29) is 24.5 Å². The molecule has 6 nitrogen and oxygen atoms in total. The van der Waals surface area contributed by atoms with Crippen LogP contribution >= 0.6 is 0 Å². The molecule has 4 unspecified atom stereocenters. The second kappa shape index (κ2) is 13.1. The zero-order valence-corrected chi connectivity index (χ0v) is 28.4. The molecule has 254 valence electrons. The second-order valence-electron chi connectivity index (χ2n) is 16.0. The lowest BCUT2D eigenvalue weighted by Crippen LogP contribution is -2.68. The molecule has 2 N–H and O–H groups in total. The highest BCUT2D eigenvalue weighted by molar-refractivity contribution is 6.00. The van der Waals surface area contributed by atoms with E-state index >= 15 is 4.39 Å². The zero-order chi connectivity index (χ0) is 32.7. The van der Waals surface area contributed by atoms with Gasteiger partial charge in [0.1, 0.15) is 11.3 Å². The predicted octanol–water partition coefficient (Wildman–Crippen LogP) is 7.62. The van der Waals surface area contributed by atoms with Crippen LogP contribution in [-0.2, 0) is 19.1 Å².